The quantitative estimate of drug-likeness (QED) is 0.446. The highest BCUT2D eigenvalue weighted by atomic mass is 15.4. The summed E-state index contributed by atoms with van der Waals surface area (Å²) in [6.07, 6.45) is 0. The van der Waals surface area contributed by atoms with Crippen molar-refractivity contribution in [3.63, 3.8) is 0 Å². The van der Waals surface area contributed by atoms with Gasteiger partial charge >= 0.3 is 0 Å². The van der Waals surface area contributed by atoms with Gasteiger partial charge in [0.2, 0.25) is 0 Å². The average Bonchev–Trinajstić information content (AvgIpc) is 3.75. The molecule has 0 amide bonds. The molecule has 0 saturated carbocycles. The van der Waals surface area contributed by atoms with E-state index in [1.165, 1.54) is 22.3 Å². The molecule has 6 rings (SSSR count). The molecular weight excluding hydrogens is 364 g/mol. The van der Waals surface area contributed by atoms with E-state index in [-0.39, 0.29) is 23.2 Å². The van der Waals surface area contributed by atoms with Crippen molar-refractivity contribution in [2.24, 2.45) is 0 Å². The van der Waals surface area contributed by atoms with E-state index in [0.717, 1.165) is 0 Å². The van der Waals surface area contributed by atoms with Crippen molar-refractivity contribution < 1.29 is 0 Å². The van der Waals surface area contributed by atoms with Crippen LogP contribution in [0.5, 0.6) is 0 Å². The second-order valence-corrected chi connectivity index (χ2v) is 8.32. The summed E-state index contributed by atoms with van der Waals surface area (Å²) in [7, 11) is 0. The summed E-state index contributed by atoms with van der Waals surface area (Å²) >= 11 is 0. The molecule has 2 fully saturated rings. The van der Waals surface area contributed by atoms with Gasteiger partial charge in [-0.2, -0.15) is 0 Å². The number of nitrogens with one attached hydrogen (secondary N) is 2. The Morgan fingerprint density at radius 1 is 0.400 bits per heavy atom. The van der Waals surface area contributed by atoms with Crippen molar-refractivity contribution in [1.29, 1.82) is 0 Å². The first kappa shape index (κ1) is 17.6. The number of hydrogen-bond acceptors (Lipinski definition) is 2. The predicted molar refractivity (Wildman–Crippen MR) is 121 cm³/mol. The van der Waals surface area contributed by atoms with Crippen LogP contribution < -0.4 is 10.6 Å². The summed E-state index contributed by atoms with van der Waals surface area (Å²) in [5.41, 5.74) is 4.89. The molecule has 0 radical (unpaired) electrons. The molecule has 30 heavy (non-hydrogen) atoms. The third-order valence-corrected chi connectivity index (χ3v) is 6.79. The Bertz CT molecular complexity index is 1050. The van der Waals surface area contributed by atoms with E-state index in [1.54, 1.807) is 0 Å². The maximum atomic E-state index is 3.95. The standard InChI is InChI=1S/C28H24N2/c1-5-13-21(14-6-1)25-27(29-25,23-17-9-3-10-18-23)28(24-19-11-4-12-20-24)26(30-28)22-15-7-2-8-16-22/h1-20,25-26,29-30H. The molecule has 2 heterocycles. The zero-order chi connectivity index (χ0) is 20.0. The van der Waals surface area contributed by atoms with E-state index >= 15 is 0 Å². The van der Waals surface area contributed by atoms with Gasteiger partial charge in [-0.15, -0.1) is 0 Å². The lowest BCUT2D eigenvalue weighted by atomic mass is 9.73. The number of benzene rings is 4. The summed E-state index contributed by atoms with van der Waals surface area (Å²) in [5, 5.41) is 7.91. The van der Waals surface area contributed by atoms with Crippen LogP contribution in [0.1, 0.15) is 34.3 Å². The van der Waals surface area contributed by atoms with Gasteiger partial charge in [0.1, 0.15) is 0 Å². The Balaban J connectivity index is 1.56. The molecule has 2 aliphatic rings. The Labute approximate surface area is 177 Å². The molecule has 0 spiro atoms. The van der Waals surface area contributed by atoms with Crippen LogP contribution >= 0.6 is 0 Å². The second kappa shape index (κ2) is 6.66. The molecule has 4 atom stereocenters. The van der Waals surface area contributed by atoms with E-state index in [4.69, 9.17) is 0 Å². The van der Waals surface area contributed by atoms with Gasteiger partial charge in [-0.25, -0.2) is 0 Å². The van der Waals surface area contributed by atoms with Crippen molar-refractivity contribution in [2.45, 2.75) is 23.2 Å². The zero-order valence-corrected chi connectivity index (χ0v) is 16.7. The Kier molecular flexibility index (Phi) is 3.92. The zero-order valence-electron chi connectivity index (χ0n) is 16.7. The molecule has 2 saturated heterocycles. The minimum atomic E-state index is -0.211. The highest BCUT2D eigenvalue weighted by Crippen LogP contribution is 2.69. The summed E-state index contributed by atoms with van der Waals surface area (Å²) in [6, 6.07) is 44.0. The van der Waals surface area contributed by atoms with Crippen molar-refractivity contribution in [1.82, 2.24) is 10.6 Å². The van der Waals surface area contributed by atoms with Gasteiger partial charge in [-0.3, -0.25) is 10.6 Å². The molecule has 0 aliphatic carbocycles. The molecule has 2 aliphatic heterocycles. The molecule has 146 valence electrons. The molecule has 4 unspecified atom stereocenters. The maximum Gasteiger partial charge on any atom is 0.0883 e. The van der Waals surface area contributed by atoms with Crippen LogP contribution in [0.3, 0.4) is 0 Å². The molecule has 0 bridgehead atoms. The second-order valence-electron chi connectivity index (χ2n) is 8.32. The smallest absolute Gasteiger partial charge is 0.0883 e. The van der Waals surface area contributed by atoms with Crippen LogP contribution in [0.4, 0.5) is 0 Å². The molecule has 0 aromatic heterocycles. The van der Waals surface area contributed by atoms with E-state index in [2.05, 4.69) is 132 Å². The molecule has 2 N–H and O–H groups in total. The number of rotatable bonds is 5. The van der Waals surface area contributed by atoms with Crippen LogP contribution in [0.15, 0.2) is 121 Å². The lowest BCUT2D eigenvalue weighted by Gasteiger charge is -2.28. The van der Waals surface area contributed by atoms with Crippen molar-refractivity contribution >= 4 is 0 Å². The van der Waals surface area contributed by atoms with Crippen LogP contribution in [-0.2, 0) is 11.1 Å². The summed E-state index contributed by atoms with van der Waals surface area (Å²) in [5.74, 6) is 0. The fourth-order valence-electron chi connectivity index (χ4n) is 5.37. The molecule has 4 aromatic rings. The fraction of sp³-hybridized carbons (Fsp3) is 0.143. The van der Waals surface area contributed by atoms with E-state index in [1.807, 2.05) is 0 Å². The number of hydrogen-bond donors (Lipinski definition) is 2. The lowest BCUT2D eigenvalue weighted by Crippen LogP contribution is -2.35. The average molecular weight is 389 g/mol. The third kappa shape index (κ3) is 2.44. The normalized spacial score (nSPS) is 29.3. The van der Waals surface area contributed by atoms with Crippen LogP contribution in [0.25, 0.3) is 0 Å². The minimum absolute atomic E-state index is 0.211. The summed E-state index contributed by atoms with van der Waals surface area (Å²) in [6.45, 7) is 0. The fourth-order valence-corrected chi connectivity index (χ4v) is 5.37. The maximum absolute atomic E-state index is 3.95. The predicted octanol–water partition coefficient (Wildman–Crippen LogP) is 5.47. The molecular formula is C28H24N2. The van der Waals surface area contributed by atoms with Gasteiger partial charge < -0.3 is 0 Å². The summed E-state index contributed by atoms with van der Waals surface area (Å²) in [4.78, 5) is 0. The first-order chi connectivity index (χ1) is 14.9. The molecule has 4 aromatic carbocycles. The van der Waals surface area contributed by atoms with Crippen LogP contribution in [-0.4, -0.2) is 0 Å². The van der Waals surface area contributed by atoms with Crippen molar-refractivity contribution in [2.75, 3.05) is 0 Å². The van der Waals surface area contributed by atoms with Gasteiger partial charge in [0.25, 0.3) is 0 Å². The Hall–Kier alpha value is -3.20. The van der Waals surface area contributed by atoms with Gasteiger partial charge in [-0.1, -0.05) is 121 Å². The highest BCUT2D eigenvalue weighted by molar-refractivity contribution is 5.56. The Morgan fingerprint density at radius 2 is 0.700 bits per heavy atom. The van der Waals surface area contributed by atoms with Gasteiger partial charge in [0.05, 0.1) is 23.2 Å². The van der Waals surface area contributed by atoms with Gasteiger partial charge in [0, 0.05) is 0 Å². The lowest BCUT2D eigenvalue weighted by molar-refractivity contribution is 0.452. The van der Waals surface area contributed by atoms with Crippen LogP contribution in [0, 0.1) is 0 Å². The van der Waals surface area contributed by atoms with Gasteiger partial charge in [-0.05, 0) is 22.3 Å². The molecule has 2 nitrogen and oxygen atoms in total. The van der Waals surface area contributed by atoms with Crippen LogP contribution in [0.2, 0.25) is 0 Å². The largest absolute Gasteiger partial charge is 0.295 e. The van der Waals surface area contributed by atoms with E-state index in [9.17, 15) is 0 Å². The monoisotopic (exact) mass is 388 g/mol. The Morgan fingerprint density at radius 3 is 1.03 bits per heavy atom. The van der Waals surface area contributed by atoms with Crippen molar-refractivity contribution in [3.05, 3.63) is 144 Å². The first-order valence-corrected chi connectivity index (χ1v) is 10.6. The highest BCUT2D eigenvalue weighted by Gasteiger charge is 2.77. The molecule has 2 heteroatoms. The van der Waals surface area contributed by atoms with Crippen molar-refractivity contribution in [3.8, 4) is 0 Å². The minimum Gasteiger partial charge on any atom is -0.295 e. The van der Waals surface area contributed by atoms with Gasteiger partial charge in [0.15, 0.2) is 0 Å². The van der Waals surface area contributed by atoms with E-state index in [0.29, 0.717) is 0 Å². The summed E-state index contributed by atoms with van der Waals surface area (Å²) < 4.78 is 0. The first-order valence-electron chi connectivity index (χ1n) is 10.6. The SMILES string of the molecule is c1ccc(C2NC2(c2ccccc2)C2(c3ccccc3)NC2c2ccccc2)cc1. The third-order valence-electron chi connectivity index (χ3n) is 6.79. The van der Waals surface area contributed by atoms with E-state index < -0.39 is 0 Å². The topological polar surface area (TPSA) is 43.9 Å².